The first kappa shape index (κ1) is 22.3. The number of aromatic nitrogens is 1. The maximum atomic E-state index is 13.7. The maximum absolute atomic E-state index is 13.7. The molecule has 1 aromatic carbocycles. The fourth-order valence-electron chi connectivity index (χ4n) is 4.45. The zero-order chi connectivity index (χ0) is 20.7. The number of hydrogen-bond acceptors (Lipinski definition) is 2. The summed E-state index contributed by atoms with van der Waals surface area (Å²) in [7, 11) is 0. The summed E-state index contributed by atoms with van der Waals surface area (Å²) in [6.07, 6.45) is 9.34. The molecule has 0 N–H and O–H groups in total. The van der Waals surface area contributed by atoms with Gasteiger partial charge in [0.25, 0.3) is 0 Å². The second-order valence-corrected chi connectivity index (χ2v) is 21.1. The average Bonchev–Trinajstić information content (AvgIpc) is 3.14. The first-order valence-electron chi connectivity index (χ1n) is 11.3. The molecule has 0 amide bonds. The van der Waals surface area contributed by atoms with Crippen molar-refractivity contribution in [1.82, 2.24) is 4.98 Å². The second kappa shape index (κ2) is 10.6. The molecule has 0 saturated carbocycles. The van der Waals surface area contributed by atoms with Crippen LogP contribution in [-0.2, 0) is 0 Å². The first-order chi connectivity index (χ1) is 14.1. The molecule has 0 atom stereocenters. The van der Waals surface area contributed by atoms with Gasteiger partial charge in [-0.3, -0.25) is 0 Å². The van der Waals surface area contributed by atoms with Crippen LogP contribution < -0.4 is 3.78 Å². The monoisotopic (exact) mass is 503 g/mol. The molecule has 0 radical (unpaired) electrons. The molecule has 3 aromatic rings. The van der Waals surface area contributed by atoms with Gasteiger partial charge in [0.2, 0.25) is 0 Å². The molecule has 2 aromatic heterocycles. The Hall–Kier alpha value is -1.36. The first-order valence-corrected chi connectivity index (χ1v) is 18.8. The molecule has 2 heterocycles. The van der Waals surface area contributed by atoms with E-state index in [4.69, 9.17) is 9.40 Å². The fraction of sp³-hybridized carbons (Fsp3) is 0.480. The van der Waals surface area contributed by atoms with Crippen molar-refractivity contribution in [1.29, 1.82) is 0 Å². The summed E-state index contributed by atoms with van der Waals surface area (Å²) < 4.78 is 25.6. The van der Waals surface area contributed by atoms with E-state index in [9.17, 15) is 4.39 Å². The summed E-state index contributed by atoms with van der Waals surface area (Å²) in [6.45, 7) is 6.87. The number of fused-ring (bicyclic) bond motifs is 1. The standard InChI is InChI=1S/C13H7FNO.3C4H9.Sn/c14-10-5-3-9(4-6-10)11-8-16-12-2-1-7-15-13(11)12;3*1-3-4-2;/h1-7H;3*1,3-4H2,2H3;. The Morgan fingerprint density at radius 2 is 1.45 bits per heavy atom. The summed E-state index contributed by atoms with van der Waals surface area (Å²) in [5.41, 5.74) is 4.02. The quantitative estimate of drug-likeness (QED) is 0.251. The Labute approximate surface area is 178 Å². The molecule has 0 fully saturated rings. The fourth-order valence-corrected chi connectivity index (χ4v) is 20.6. The van der Waals surface area contributed by atoms with Gasteiger partial charge >= 0.3 is 179 Å². The Balaban J connectivity index is 2.23. The molecular weight excluding hydrogens is 468 g/mol. The third-order valence-electron chi connectivity index (χ3n) is 6.09. The molecule has 0 saturated heterocycles. The normalized spacial score (nSPS) is 12.0. The third-order valence-corrected chi connectivity index (χ3v) is 21.1. The van der Waals surface area contributed by atoms with E-state index in [1.807, 2.05) is 30.5 Å². The van der Waals surface area contributed by atoms with Crippen LogP contribution >= 0.6 is 0 Å². The van der Waals surface area contributed by atoms with E-state index in [-0.39, 0.29) is 5.82 Å². The van der Waals surface area contributed by atoms with Crippen LogP contribution in [0.1, 0.15) is 59.3 Å². The molecule has 0 aliphatic carbocycles. The van der Waals surface area contributed by atoms with Crippen LogP contribution in [0.3, 0.4) is 0 Å². The summed E-state index contributed by atoms with van der Waals surface area (Å²) in [5.74, 6) is -0.200. The SMILES string of the molecule is CCC[CH2][Sn]([CH2]CCC)([CH2]CCC)[c]1oc2cccnc2c1-c1ccc(F)cc1. The van der Waals surface area contributed by atoms with Crippen molar-refractivity contribution in [2.45, 2.75) is 72.6 Å². The second-order valence-electron chi connectivity index (χ2n) is 8.25. The molecule has 0 aliphatic heterocycles. The van der Waals surface area contributed by atoms with Crippen molar-refractivity contribution in [3.63, 3.8) is 0 Å². The molecule has 156 valence electrons. The van der Waals surface area contributed by atoms with Crippen LogP contribution in [-0.4, -0.2) is 23.4 Å². The topological polar surface area (TPSA) is 26.0 Å². The van der Waals surface area contributed by atoms with Crippen LogP contribution in [0.5, 0.6) is 0 Å². The third kappa shape index (κ3) is 5.04. The van der Waals surface area contributed by atoms with E-state index >= 15 is 0 Å². The number of hydrogen-bond donors (Lipinski definition) is 0. The van der Waals surface area contributed by atoms with E-state index in [0.717, 1.165) is 22.2 Å². The van der Waals surface area contributed by atoms with Crippen molar-refractivity contribution in [2.75, 3.05) is 0 Å². The van der Waals surface area contributed by atoms with Crippen LogP contribution in [0.4, 0.5) is 4.39 Å². The molecule has 3 rings (SSSR count). The molecule has 29 heavy (non-hydrogen) atoms. The Morgan fingerprint density at radius 3 is 2.00 bits per heavy atom. The van der Waals surface area contributed by atoms with Crippen molar-refractivity contribution in [3.05, 3.63) is 48.4 Å². The van der Waals surface area contributed by atoms with Crippen molar-refractivity contribution >= 4 is 33.3 Å². The summed E-state index contributed by atoms with van der Waals surface area (Å²) in [6, 6.07) is 10.9. The Bertz CT molecular complexity index is 881. The zero-order valence-electron chi connectivity index (χ0n) is 18.1. The van der Waals surface area contributed by atoms with E-state index in [2.05, 4.69) is 20.8 Å². The van der Waals surface area contributed by atoms with Gasteiger partial charge in [-0.25, -0.2) is 0 Å². The number of benzene rings is 1. The predicted octanol–water partition coefficient (Wildman–Crippen LogP) is 7.69. The number of rotatable bonds is 11. The molecule has 4 heteroatoms. The minimum atomic E-state index is -2.81. The minimum absolute atomic E-state index is 0.200. The van der Waals surface area contributed by atoms with Crippen LogP contribution in [0.15, 0.2) is 47.0 Å². The summed E-state index contributed by atoms with van der Waals surface area (Å²) in [5, 5.41) is 0. The molecule has 0 spiro atoms. The van der Waals surface area contributed by atoms with Gasteiger partial charge < -0.3 is 0 Å². The number of unbranched alkanes of at least 4 members (excludes halogenated alkanes) is 3. The van der Waals surface area contributed by atoms with Crippen LogP contribution in [0, 0.1) is 5.82 Å². The molecule has 0 aliphatic rings. The van der Waals surface area contributed by atoms with Crippen molar-refractivity contribution in [3.8, 4) is 11.1 Å². The van der Waals surface area contributed by atoms with Gasteiger partial charge in [-0.1, -0.05) is 0 Å². The summed E-state index contributed by atoms with van der Waals surface area (Å²) >= 11 is -2.81. The number of furan rings is 1. The predicted molar refractivity (Wildman–Crippen MR) is 124 cm³/mol. The van der Waals surface area contributed by atoms with Gasteiger partial charge in [0.15, 0.2) is 0 Å². The Kier molecular flexibility index (Phi) is 8.16. The summed E-state index contributed by atoms with van der Waals surface area (Å²) in [4.78, 5) is 4.70. The van der Waals surface area contributed by atoms with Gasteiger partial charge in [0.05, 0.1) is 0 Å². The van der Waals surface area contributed by atoms with Gasteiger partial charge in [0.1, 0.15) is 0 Å². The van der Waals surface area contributed by atoms with Gasteiger partial charge in [-0.05, 0) is 0 Å². The number of pyridine rings is 1. The average molecular weight is 502 g/mol. The molecule has 0 unspecified atom stereocenters. The van der Waals surface area contributed by atoms with E-state index in [1.54, 1.807) is 12.1 Å². The van der Waals surface area contributed by atoms with Gasteiger partial charge in [0, 0.05) is 0 Å². The Morgan fingerprint density at radius 1 is 0.862 bits per heavy atom. The van der Waals surface area contributed by atoms with Gasteiger partial charge in [-0.15, -0.1) is 0 Å². The van der Waals surface area contributed by atoms with Crippen LogP contribution in [0.2, 0.25) is 13.3 Å². The van der Waals surface area contributed by atoms with E-state index in [0.29, 0.717) is 0 Å². The van der Waals surface area contributed by atoms with E-state index < -0.39 is 18.4 Å². The van der Waals surface area contributed by atoms with Gasteiger partial charge in [-0.2, -0.15) is 0 Å². The van der Waals surface area contributed by atoms with Crippen molar-refractivity contribution in [2.24, 2.45) is 0 Å². The molecule has 2 nitrogen and oxygen atoms in total. The van der Waals surface area contributed by atoms with E-state index in [1.165, 1.54) is 55.6 Å². The molecule has 0 bridgehead atoms. The molecular formula is C25H34FNOSn. The number of nitrogens with zero attached hydrogens (tertiary/aromatic N) is 1. The zero-order valence-corrected chi connectivity index (χ0v) is 21.0. The van der Waals surface area contributed by atoms with Crippen LogP contribution in [0.25, 0.3) is 22.2 Å². The van der Waals surface area contributed by atoms with Crippen molar-refractivity contribution < 1.29 is 8.81 Å². The number of halogens is 1.